The summed E-state index contributed by atoms with van der Waals surface area (Å²) in [6, 6.07) is 0. The van der Waals surface area contributed by atoms with E-state index in [2.05, 4.69) is 32.7 Å². The first-order chi connectivity index (χ1) is 9.81. The van der Waals surface area contributed by atoms with E-state index in [1.54, 1.807) is 0 Å². The molecule has 0 saturated heterocycles. The maximum atomic E-state index is 12.1. The number of aldehydes is 1. The number of carbonyl (C=O) groups excluding carboxylic acids is 1. The van der Waals surface area contributed by atoms with Crippen LogP contribution >= 0.6 is 0 Å². The number of hydrogen-bond donors (Lipinski definition) is 1. The Hall–Kier alpha value is 0.201. The molecule has 0 amide bonds. The summed E-state index contributed by atoms with van der Waals surface area (Å²) < 4.78 is 12.5. The zero-order chi connectivity index (χ0) is 17.8. The van der Waals surface area contributed by atoms with E-state index in [1.165, 1.54) is 0 Å². The summed E-state index contributed by atoms with van der Waals surface area (Å²) in [5.41, 5.74) is -1.15. The van der Waals surface area contributed by atoms with Crippen LogP contribution in [0.2, 0.25) is 45.8 Å². The molecule has 0 heterocycles. The monoisotopic (exact) mass is 364 g/mol. The van der Waals surface area contributed by atoms with Crippen LogP contribution in [-0.2, 0) is 13.3 Å². The van der Waals surface area contributed by atoms with Gasteiger partial charge in [-0.1, -0.05) is 39.9 Å². The maximum absolute atomic E-state index is 12.1. The lowest BCUT2D eigenvalue weighted by molar-refractivity contribution is -0.145. The number of carbonyl (C=O) groups is 1. The van der Waals surface area contributed by atoms with Crippen molar-refractivity contribution in [1.82, 2.24) is 0 Å². The highest BCUT2D eigenvalue weighted by atomic mass is 28.4. The standard InChI is InChI=1S/C15H36O4Si3/c1-10-12-14(13-16,15(17,11-2)21(5,6)7)18-22(8,9)19-20(3)4/h13,17,20H,10-12H2,1-9H3. The Labute approximate surface area is 140 Å². The van der Waals surface area contributed by atoms with Crippen molar-refractivity contribution in [2.45, 2.75) is 89.8 Å². The number of hydrogen-bond acceptors (Lipinski definition) is 4. The van der Waals surface area contributed by atoms with Crippen LogP contribution in [0, 0.1) is 0 Å². The molecule has 0 radical (unpaired) electrons. The second-order valence-electron chi connectivity index (χ2n) is 7.89. The van der Waals surface area contributed by atoms with E-state index in [1.807, 2.05) is 26.9 Å². The molecule has 0 bridgehead atoms. The summed E-state index contributed by atoms with van der Waals surface area (Å²) in [4.78, 5) is 12.1. The van der Waals surface area contributed by atoms with Crippen LogP contribution in [0.1, 0.15) is 33.1 Å². The average molecular weight is 365 g/mol. The van der Waals surface area contributed by atoms with Crippen molar-refractivity contribution in [1.29, 1.82) is 0 Å². The van der Waals surface area contributed by atoms with Crippen LogP contribution in [0.4, 0.5) is 0 Å². The van der Waals surface area contributed by atoms with Gasteiger partial charge in [0.05, 0.1) is 13.3 Å². The lowest BCUT2D eigenvalue weighted by Gasteiger charge is -2.52. The number of rotatable bonds is 10. The van der Waals surface area contributed by atoms with Crippen LogP contribution in [0.3, 0.4) is 0 Å². The Morgan fingerprint density at radius 3 is 1.91 bits per heavy atom. The third-order valence-corrected chi connectivity index (χ3v) is 12.5. The molecule has 0 aliphatic rings. The smallest absolute Gasteiger partial charge is 0.322 e. The van der Waals surface area contributed by atoms with Crippen molar-refractivity contribution in [3.63, 3.8) is 0 Å². The van der Waals surface area contributed by atoms with Crippen LogP contribution < -0.4 is 0 Å². The maximum Gasteiger partial charge on any atom is 0.322 e. The van der Waals surface area contributed by atoms with E-state index in [-0.39, 0.29) is 0 Å². The van der Waals surface area contributed by atoms with Crippen molar-refractivity contribution < 1.29 is 18.4 Å². The van der Waals surface area contributed by atoms with E-state index in [9.17, 15) is 9.90 Å². The highest BCUT2D eigenvalue weighted by Crippen LogP contribution is 2.41. The molecule has 0 aliphatic carbocycles. The van der Waals surface area contributed by atoms with E-state index >= 15 is 0 Å². The predicted molar refractivity (Wildman–Crippen MR) is 101 cm³/mol. The van der Waals surface area contributed by atoms with Crippen molar-refractivity contribution in [2.75, 3.05) is 0 Å². The summed E-state index contributed by atoms with van der Waals surface area (Å²) in [6.45, 7) is 18.4. The van der Waals surface area contributed by atoms with Gasteiger partial charge in [-0.15, -0.1) is 0 Å². The summed E-state index contributed by atoms with van der Waals surface area (Å²) in [5.74, 6) is 0. The Balaban J connectivity index is 5.91. The molecule has 132 valence electrons. The minimum atomic E-state index is -2.47. The summed E-state index contributed by atoms with van der Waals surface area (Å²) >= 11 is 0. The van der Waals surface area contributed by atoms with Crippen molar-refractivity contribution in [3.05, 3.63) is 0 Å². The molecule has 2 unspecified atom stereocenters. The molecule has 0 fully saturated rings. The minimum absolute atomic E-state index is 0.519. The third-order valence-electron chi connectivity index (χ3n) is 4.21. The molecule has 0 spiro atoms. The molecule has 0 rings (SSSR count). The molecule has 1 N–H and O–H groups in total. The van der Waals surface area contributed by atoms with Crippen molar-refractivity contribution in [2.24, 2.45) is 0 Å². The molecule has 0 aromatic carbocycles. The quantitative estimate of drug-likeness (QED) is 0.476. The fourth-order valence-corrected chi connectivity index (χ4v) is 12.0. The summed E-state index contributed by atoms with van der Waals surface area (Å²) in [6.07, 6.45) is 2.70. The molecule has 0 aliphatic heterocycles. The molecule has 7 heteroatoms. The van der Waals surface area contributed by atoms with Crippen LogP contribution in [0.25, 0.3) is 0 Å². The van der Waals surface area contributed by atoms with Gasteiger partial charge in [0.1, 0.15) is 5.60 Å². The number of aliphatic hydroxyl groups is 1. The first-order valence-electron chi connectivity index (χ1n) is 8.37. The van der Waals surface area contributed by atoms with Crippen molar-refractivity contribution in [3.8, 4) is 0 Å². The SMILES string of the molecule is CCCC(C=O)(O[Si](C)(C)O[SiH](C)C)C(O)(CC)[Si](C)(C)C. The second kappa shape index (κ2) is 7.85. The fourth-order valence-electron chi connectivity index (χ4n) is 3.39. The largest absolute Gasteiger partial charge is 0.439 e. The van der Waals surface area contributed by atoms with Crippen LogP contribution in [0.5, 0.6) is 0 Å². The third kappa shape index (κ3) is 4.85. The molecule has 0 saturated carbocycles. The van der Waals surface area contributed by atoms with Gasteiger partial charge in [-0.25, -0.2) is 0 Å². The predicted octanol–water partition coefficient (Wildman–Crippen LogP) is 3.46. The zero-order valence-corrected chi connectivity index (χ0v) is 19.1. The Morgan fingerprint density at radius 2 is 1.64 bits per heavy atom. The van der Waals surface area contributed by atoms with E-state index in [4.69, 9.17) is 8.54 Å². The van der Waals surface area contributed by atoms with E-state index < -0.39 is 36.5 Å². The molecule has 0 aromatic heterocycles. The van der Waals surface area contributed by atoms with Gasteiger partial charge in [-0.2, -0.15) is 0 Å². The highest BCUT2D eigenvalue weighted by molar-refractivity contribution is 6.79. The van der Waals surface area contributed by atoms with E-state index in [0.717, 1.165) is 12.7 Å². The van der Waals surface area contributed by atoms with Gasteiger partial charge in [0.25, 0.3) is 0 Å². The Kier molecular flexibility index (Phi) is 7.92. The Bertz CT molecular complexity index is 368. The molecule has 4 nitrogen and oxygen atoms in total. The van der Waals surface area contributed by atoms with Crippen LogP contribution in [-0.4, -0.2) is 47.9 Å². The second-order valence-corrected chi connectivity index (χ2v) is 19.3. The van der Waals surface area contributed by atoms with Gasteiger partial charge in [-0.3, -0.25) is 0 Å². The molecule has 22 heavy (non-hydrogen) atoms. The topological polar surface area (TPSA) is 55.8 Å². The van der Waals surface area contributed by atoms with Crippen molar-refractivity contribution >= 4 is 32.0 Å². The normalized spacial score (nSPS) is 18.9. The van der Waals surface area contributed by atoms with Gasteiger partial charge in [0.2, 0.25) is 0 Å². The lowest BCUT2D eigenvalue weighted by atomic mass is 9.90. The first kappa shape index (κ1) is 22.2. The van der Waals surface area contributed by atoms with Gasteiger partial charge in [0.15, 0.2) is 15.3 Å². The van der Waals surface area contributed by atoms with Gasteiger partial charge in [0, 0.05) is 0 Å². The van der Waals surface area contributed by atoms with Gasteiger partial charge >= 0.3 is 8.56 Å². The Morgan fingerprint density at radius 1 is 1.14 bits per heavy atom. The molecule has 2 atom stereocenters. The molecular weight excluding hydrogens is 328 g/mol. The average Bonchev–Trinajstić information content (AvgIpc) is 2.33. The summed E-state index contributed by atoms with van der Waals surface area (Å²) in [7, 11) is -5.81. The van der Waals surface area contributed by atoms with Gasteiger partial charge in [-0.05, 0) is 39.0 Å². The van der Waals surface area contributed by atoms with E-state index in [0.29, 0.717) is 12.8 Å². The van der Waals surface area contributed by atoms with Gasteiger partial charge < -0.3 is 18.4 Å². The van der Waals surface area contributed by atoms with Crippen LogP contribution in [0.15, 0.2) is 0 Å². The lowest BCUT2D eigenvalue weighted by Crippen LogP contribution is -2.71. The fraction of sp³-hybridized carbons (Fsp3) is 0.933. The first-order valence-corrected chi connectivity index (χ1v) is 17.5. The molecular formula is C15H36O4Si3. The minimum Gasteiger partial charge on any atom is -0.439 e. The molecule has 0 aromatic rings. The summed E-state index contributed by atoms with van der Waals surface area (Å²) in [5, 5.41) is 10.4. The zero-order valence-electron chi connectivity index (χ0n) is 15.9. The highest BCUT2D eigenvalue weighted by Gasteiger charge is 2.59.